The van der Waals surface area contributed by atoms with Gasteiger partial charge < -0.3 is 0 Å². The van der Waals surface area contributed by atoms with Gasteiger partial charge in [-0.2, -0.15) is 0 Å². The summed E-state index contributed by atoms with van der Waals surface area (Å²) < 4.78 is 0. The third kappa shape index (κ3) is 4.89. The van der Waals surface area contributed by atoms with E-state index in [9.17, 15) is 0 Å². The molecule has 2 heterocycles. The lowest BCUT2D eigenvalue weighted by Gasteiger charge is -2.16. The summed E-state index contributed by atoms with van der Waals surface area (Å²) in [6, 6.07) is 10.8. The molecule has 124 valence electrons. The van der Waals surface area contributed by atoms with Crippen molar-refractivity contribution in [2.45, 2.75) is 71.6 Å². The Labute approximate surface area is 141 Å². The van der Waals surface area contributed by atoms with Crippen LogP contribution in [-0.2, 0) is 6.42 Å². The van der Waals surface area contributed by atoms with Crippen LogP contribution in [0.5, 0.6) is 0 Å². The minimum atomic E-state index is 0.488. The molecular formula is C21H30N2. The Kier molecular flexibility index (Phi) is 6.32. The van der Waals surface area contributed by atoms with Gasteiger partial charge >= 0.3 is 0 Å². The number of aromatic nitrogens is 2. The smallest absolute Gasteiger partial charge is 0.0435 e. The molecule has 2 unspecified atom stereocenters. The molecule has 2 heteroatoms. The lowest BCUT2D eigenvalue weighted by molar-refractivity contribution is 0.555. The fraction of sp³-hybridized carbons (Fsp3) is 0.524. The molecule has 2 nitrogen and oxygen atoms in total. The average Bonchev–Trinajstić information content (AvgIpc) is 2.59. The molecule has 0 aliphatic rings. The topological polar surface area (TPSA) is 25.8 Å². The zero-order valence-electron chi connectivity index (χ0n) is 15.2. The Balaban J connectivity index is 1.95. The summed E-state index contributed by atoms with van der Waals surface area (Å²) >= 11 is 0. The Morgan fingerprint density at radius 2 is 1.48 bits per heavy atom. The molecule has 0 aromatic carbocycles. The van der Waals surface area contributed by atoms with Gasteiger partial charge in [-0.15, -0.1) is 0 Å². The quantitative estimate of drug-likeness (QED) is 0.641. The summed E-state index contributed by atoms with van der Waals surface area (Å²) in [5, 5.41) is 0. The molecule has 0 amide bonds. The second-order valence-corrected chi connectivity index (χ2v) is 6.97. The maximum Gasteiger partial charge on any atom is 0.0435 e. The van der Waals surface area contributed by atoms with Crippen LogP contribution < -0.4 is 0 Å². The Bertz CT molecular complexity index is 601. The van der Waals surface area contributed by atoms with Crippen molar-refractivity contribution in [3.05, 3.63) is 59.2 Å². The van der Waals surface area contributed by atoms with E-state index in [4.69, 9.17) is 4.98 Å². The predicted octanol–water partition coefficient (Wildman–Crippen LogP) is 5.85. The first-order chi connectivity index (χ1) is 11.0. The van der Waals surface area contributed by atoms with E-state index < -0.39 is 0 Å². The highest BCUT2D eigenvalue weighted by Crippen LogP contribution is 2.26. The standard InChI is InChI=1S/C21H30N2/c1-6-18-12-13-20(22-14-18)16(4)10-11-17(5)21-9-7-8-19(23-21)15(2)3/h7-9,12-17H,6,10-11H2,1-5H3. The van der Waals surface area contributed by atoms with E-state index in [1.54, 1.807) is 0 Å². The van der Waals surface area contributed by atoms with Crippen LogP contribution in [0.3, 0.4) is 0 Å². The van der Waals surface area contributed by atoms with E-state index in [2.05, 4.69) is 69.9 Å². The highest BCUT2D eigenvalue weighted by atomic mass is 14.7. The van der Waals surface area contributed by atoms with Gasteiger partial charge in [-0.05, 0) is 60.8 Å². The molecule has 2 rings (SSSR count). The van der Waals surface area contributed by atoms with Crippen LogP contribution in [0, 0.1) is 0 Å². The minimum Gasteiger partial charge on any atom is -0.261 e. The molecule has 0 N–H and O–H groups in total. The Morgan fingerprint density at radius 1 is 0.826 bits per heavy atom. The minimum absolute atomic E-state index is 0.488. The van der Waals surface area contributed by atoms with Crippen molar-refractivity contribution in [2.24, 2.45) is 0 Å². The van der Waals surface area contributed by atoms with Gasteiger partial charge in [-0.25, -0.2) is 0 Å². The van der Waals surface area contributed by atoms with Crippen LogP contribution in [0.4, 0.5) is 0 Å². The highest BCUT2D eigenvalue weighted by Gasteiger charge is 2.13. The van der Waals surface area contributed by atoms with E-state index in [-0.39, 0.29) is 0 Å². The zero-order valence-corrected chi connectivity index (χ0v) is 15.2. The molecule has 0 bridgehead atoms. The summed E-state index contributed by atoms with van der Waals surface area (Å²) in [4.78, 5) is 9.45. The monoisotopic (exact) mass is 310 g/mol. The third-order valence-electron chi connectivity index (χ3n) is 4.68. The highest BCUT2D eigenvalue weighted by molar-refractivity contribution is 5.18. The molecule has 0 saturated carbocycles. The number of pyridine rings is 2. The summed E-state index contributed by atoms with van der Waals surface area (Å²) in [6.07, 6.45) is 5.36. The van der Waals surface area contributed by atoms with Gasteiger partial charge in [0.05, 0.1) is 0 Å². The fourth-order valence-electron chi connectivity index (χ4n) is 2.80. The van der Waals surface area contributed by atoms with Gasteiger partial charge in [-0.3, -0.25) is 9.97 Å². The van der Waals surface area contributed by atoms with Crippen molar-refractivity contribution in [3.8, 4) is 0 Å². The van der Waals surface area contributed by atoms with Crippen molar-refractivity contribution >= 4 is 0 Å². The van der Waals surface area contributed by atoms with Crippen LogP contribution in [0.1, 0.15) is 87.9 Å². The van der Waals surface area contributed by atoms with E-state index in [0.717, 1.165) is 19.3 Å². The average molecular weight is 310 g/mol. The SMILES string of the molecule is CCc1ccc(C(C)CCC(C)c2cccc(C(C)C)n2)nc1. The second-order valence-electron chi connectivity index (χ2n) is 6.97. The van der Waals surface area contributed by atoms with Crippen LogP contribution in [0.25, 0.3) is 0 Å². The summed E-state index contributed by atoms with van der Waals surface area (Å²) in [5.41, 5.74) is 4.93. The van der Waals surface area contributed by atoms with Crippen molar-refractivity contribution in [1.82, 2.24) is 9.97 Å². The number of hydrogen-bond donors (Lipinski definition) is 0. The van der Waals surface area contributed by atoms with Crippen LogP contribution in [0.15, 0.2) is 36.5 Å². The molecule has 0 aliphatic carbocycles. The largest absolute Gasteiger partial charge is 0.261 e. The van der Waals surface area contributed by atoms with Crippen LogP contribution >= 0.6 is 0 Å². The lowest BCUT2D eigenvalue weighted by Crippen LogP contribution is -2.04. The van der Waals surface area contributed by atoms with Crippen LogP contribution in [-0.4, -0.2) is 9.97 Å². The molecule has 0 fully saturated rings. The van der Waals surface area contributed by atoms with Gasteiger partial charge in [0.25, 0.3) is 0 Å². The third-order valence-corrected chi connectivity index (χ3v) is 4.68. The zero-order chi connectivity index (χ0) is 16.8. The molecule has 2 atom stereocenters. The molecule has 23 heavy (non-hydrogen) atoms. The Hall–Kier alpha value is -1.70. The molecule has 0 saturated heterocycles. The van der Waals surface area contributed by atoms with Crippen LogP contribution in [0.2, 0.25) is 0 Å². The van der Waals surface area contributed by atoms with Crippen molar-refractivity contribution < 1.29 is 0 Å². The molecule has 2 aromatic heterocycles. The number of nitrogens with zero attached hydrogens (tertiary/aromatic N) is 2. The maximum absolute atomic E-state index is 4.83. The van der Waals surface area contributed by atoms with Gasteiger partial charge in [-0.1, -0.05) is 46.8 Å². The summed E-state index contributed by atoms with van der Waals surface area (Å²) in [7, 11) is 0. The second kappa shape index (κ2) is 8.24. The molecule has 0 radical (unpaired) electrons. The molecule has 0 spiro atoms. The normalized spacial score (nSPS) is 14.0. The summed E-state index contributed by atoms with van der Waals surface area (Å²) in [5.74, 6) is 1.48. The fourth-order valence-corrected chi connectivity index (χ4v) is 2.80. The van der Waals surface area contributed by atoms with E-state index in [1.807, 2.05) is 6.20 Å². The van der Waals surface area contributed by atoms with Gasteiger partial charge in [0.15, 0.2) is 0 Å². The van der Waals surface area contributed by atoms with Gasteiger partial charge in [0.2, 0.25) is 0 Å². The van der Waals surface area contributed by atoms with E-state index >= 15 is 0 Å². The first kappa shape index (κ1) is 17.7. The maximum atomic E-state index is 4.83. The number of aryl methyl sites for hydroxylation is 1. The van der Waals surface area contributed by atoms with E-state index in [1.165, 1.54) is 22.6 Å². The van der Waals surface area contributed by atoms with E-state index in [0.29, 0.717) is 17.8 Å². The van der Waals surface area contributed by atoms with Crippen molar-refractivity contribution in [2.75, 3.05) is 0 Å². The number of hydrogen-bond acceptors (Lipinski definition) is 2. The number of rotatable bonds is 7. The van der Waals surface area contributed by atoms with Gasteiger partial charge in [0, 0.05) is 23.3 Å². The first-order valence-corrected chi connectivity index (χ1v) is 8.92. The summed E-state index contributed by atoms with van der Waals surface area (Å²) in [6.45, 7) is 11.1. The van der Waals surface area contributed by atoms with Gasteiger partial charge in [0.1, 0.15) is 0 Å². The lowest BCUT2D eigenvalue weighted by atomic mass is 9.93. The predicted molar refractivity (Wildman–Crippen MR) is 98.0 cm³/mol. The molecule has 2 aromatic rings. The Morgan fingerprint density at radius 3 is 2.04 bits per heavy atom. The molecule has 0 aliphatic heterocycles. The first-order valence-electron chi connectivity index (χ1n) is 8.92. The van der Waals surface area contributed by atoms with Crippen molar-refractivity contribution in [1.29, 1.82) is 0 Å². The molecular weight excluding hydrogens is 280 g/mol. The van der Waals surface area contributed by atoms with Crippen molar-refractivity contribution in [3.63, 3.8) is 0 Å².